The molecule has 0 aliphatic rings. The first-order chi connectivity index (χ1) is 7.16. The number of hydrogen-bond donors (Lipinski definition) is 0. The van der Waals surface area contributed by atoms with Crippen LogP contribution in [0.25, 0.3) is 10.6 Å². The largest absolute Gasteiger partial charge is 0.378 e. The predicted molar refractivity (Wildman–Crippen MR) is 66.6 cm³/mol. The van der Waals surface area contributed by atoms with E-state index in [1.165, 1.54) is 11.3 Å². The second-order valence-corrected chi connectivity index (χ2v) is 4.59. The van der Waals surface area contributed by atoms with Gasteiger partial charge in [0.05, 0.1) is 0 Å². The maximum atomic E-state index is 4.46. The second kappa shape index (κ2) is 4.03. The molecule has 0 unspecified atom stereocenters. The van der Waals surface area contributed by atoms with Gasteiger partial charge in [0.15, 0.2) is 0 Å². The van der Waals surface area contributed by atoms with Crippen LogP contribution in [-0.2, 0) is 0 Å². The lowest BCUT2D eigenvalue weighted by Crippen LogP contribution is -2.07. The van der Waals surface area contributed by atoms with Gasteiger partial charge in [0.25, 0.3) is 0 Å². The summed E-state index contributed by atoms with van der Waals surface area (Å²) in [6.45, 7) is 2.02. The van der Waals surface area contributed by atoms with Crippen molar-refractivity contribution in [3.05, 3.63) is 35.3 Å². The van der Waals surface area contributed by atoms with Crippen LogP contribution in [-0.4, -0.2) is 19.1 Å². The summed E-state index contributed by atoms with van der Waals surface area (Å²) in [5.74, 6) is 0. The van der Waals surface area contributed by atoms with E-state index in [4.69, 9.17) is 0 Å². The van der Waals surface area contributed by atoms with E-state index in [2.05, 4.69) is 39.5 Å². The van der Waals surface area contributed by atoms with Gasteiger partial charge in [-0.1, -0.05) is 0 Å². The van der Waals surface area contributed by atoms with Crippen molar-refractivity contribution in [2.45, 2.75) is 6.92 Å². The third-order valence-electron chi connectivity index (χ3n) is 2.25. The first-order valence-electron chi connectivity index (χ1n) is 4.87. The summed E-state index contributed by atoms with van der Waals surface area (Å²) < 4.78 is 0. The van der Waals surface area contributed by atoms with Crippen molar-refractivity contribution >= 4 is 17.0 Å². The average Bonchev–Trinajstić information content (AvgIpc) is 2.65. The first-order valence-corrected chi connectivity index (χ1v) is 5.74. The van der Waals surface area contributed by atoms with Crippen LogP contribution in [0.2, 0.25) is 0 Å². The number of aromatic nitrogens is 1. The Hall–Kier alpha value is -1.35. The van der Waals surface area contributed by atoms with Crippen LogP contribution in [0.5, 0.6) is 0 Å². The highest BCUT2D eigenvalue weighted by molar-refractivity contribution is 7.13. The van der Waals surface area contributed by atoms with Gasteiger partial charge >= 0.3 is 0 Å². The molecule has 0 bridgehead atoms. The molecule has 0 N–H and O–H groups in total. The van der Waals surface area contributed by atoms with Crippen molar-refractivity contribution in [2.24, 2.45) is 0 Å². The zero-order valence-corrected chi connectivity index (χ0v) is 10.0. The molecule has 1 aromatic heterocycles. The van der Waals surface area contributed by atoms with Gasteiger partial charge in [-0.2, -0.15) is 0 Å². The molecular weight excluding hydrogens is 204 g/mol. The van der Waals surface area contributed by atoms with E-state index in [1.54, 1.807) is 11.3 Å². The summed E-state index contributed by atoms with van der Waals surface area (Å²) >= 11 is 1.69. The number of hydrogen-bond acceptors (Lipinski definition) is 3. The summed E-state index contributed by atoms with van der Waals surface area (Å²) in [5.41, 5.74) is 3.50. The Morgan fingerprint density at radius 3 is 2.27 bits per heavy atom. The smallest absolute Gasteiger partial charge is 0.123 e. The van der Waals surface area contributed by atoms with Crippen molar-refractivity contribution in [2.75, 3.05) is 19.0 Å². The van der Waals surface area contributed by atoms with Gasteiger partial charge in [-0.3, -0.25) is 0 Å². The van der Waals surface area contributed by atoms with Crippen molar-refractivity contribution in [3.63, 3.8) is 0 Å². The fourth-order valence-corrected chi connectivity index (χ4v) is 2.19. The lowest BCUT2D eigenvalue weighted by atomic mass is 10.2. The fourth-order valence-electron chi connectivity index (χ4n) is 1.39. The zero-order chi connectivity index (χ0) is 10.8. The van der Waals surface area contributed by atoms with Gasteiger partial charge < -0.3 is 4.90 Å². The van der Waals surface area contributed by atoms with Gasteiger partial charge in [0, 0.05) is 36.4 Å². The topological polar surface area (TPSA) is 16.1 Å². The third-order valence-corrected chi connectivity index (χ3v) is 3.26. The number of nitrogens with zero attached hydrogens (tertiary/aromatic N) is 2. The Kier molecular flexibility index (Phi) is 2.73. The van der Waals surface area contributed by atoms with Crippen molar-refractivity contribution < 1.29 is 0 Å². The Labute approximate surface area is 94.2 Å². The Morgan fingerprint density at radius 2 is 1.80 bits per heavy atom. The molecule has 0 saturated heterocycles. The molecule has 3 heteroatoms. The molecule has 0 aliphatic heterocycles. The minimum absolute atomic E-state index is 1.09. The van der Waals surface area contributed by atoms with E-state index in [9.17, 15) is 0 Å². The number of thiazole rings is 1. The Bertz CT molecular complexity index is 443. The van der Waals surface area contributed by atoms with Gasteiger partial charge in [-0.05, 0) is 31.2 Å². The summed E-state index contributed by atoms with van der Waals surface area (Å²) in [7, 11) is 4.09. The van der Waals surface area contributed by atoms with E-state index in [1.807, 2.05) is 21.0 Å². The quantitative estimate of drug-likeness (QED) is 0.769. The first kappa shape index (κ1) is 10.2. The molecule has 1 heterocycles. The maximum absolute atomic E-state index is 4.46. The third kappa shape index (κ3) is 2.18. The molecular formula is C12H14N2S. The van der Waals surface area contributed by atoms with E-state index in [0.29, 0.717) is 0 Å². The van der Waals surface area contributed by atoms with E-state index < -0.39 is 0 Å². The lowest BCUT2D eigenvalue weighted by molar-refractivity contribution is 1.13. The number of benzene rings is 1. The van der Waals surface area contributed by atoms with E-state index >= 15 is 0 Å². The molecule has 2 aromatic rings. The lowest BCUT2D eigenvalue weighted by Gasteiger charge is -2.11. The maximum Gasteiger partial charge on any atom is 0.123 e. The van der Waals surface area contributed by atoms with Crippen LogP contribution in [0.4, 0.5) is 5.69 Å². The van der Waals surface area contributed by atoms with Gasteiger partial charge in [-0.25, -0.2) is 4.98 Å². The van der Waals surface area contributed by atoms with Gasteiger partial charge in [0.1, 0.15) is 5.01 Å². The van der Waals surface area contributed by atoms with Crippen molar-refractivity contribution in [1.29, 1.82) is 0 Å². The number of rotatable bonds is 2. The van der Waals surface area contributed by atoms with Crippen LogP contribution in [0.3, 0.4) is 0 Å². The summed E-state index contributed by atoms with van der Waals surface area (Å²) in [6, 6.07) is 8.47. The summed E-state index contributed by atoms with van der Waals surface area (Å²) in [5, 5.41) is 3.17. The molecule has 0 amide bonds. The van der Waals surface area contributed by atoms with Gasteiger partial charge in [0.2, 0.25) is 0 Å². The summed E-state index contributed by atoms with van der Waals surface area (Å²) in [4.78, 5) is 6.55. The Morgan fingerprint density at radius 1 is 1.13 bits per heavy atom. The second-order valence-electron chi connectivity index (χ2n) is 3.74. The fraction of sp³-hybridized carbons (Fsp3) is 0.250. The highest BCUT2D eigenvalue weighted by Gasteiger charge is 2.02. The van der Waals surface area contributed by atoms with Crippen LogP contribution in [0.15, 0.2) is 29.6 Å². The monoisotopic (exact) mass is 218 g/mol. The molecule has 0 saturated carbocycles. The highest BCUT2D eigenvalue weighted by atomic mass is 32.1. The molecule has 0 fully saturated rings. The molecule has 78 valence electrons. The molecule has 2 rings (SSSR count). The number of aryl methyl sites for hydroxylation is 1. The average molecular weight is 218 g/mol. The molecule has 15 heavy (non-hydrogen) atoms. The standard InChI is InChI=1S/C12H14N2S/c1-9-8-15-12(13-9)10-4-6-11(7-5-10)14(2)3/h4-8H,1-3H3. The summed E-state index contributed by atoms with van der Waals surface area (Å²) in [6.07, 6.45) is 0. The van der Waals surface area contributed by atoms with E-state index in [-0.39, 0.29) is 0 Å². The molecule has 1 aromatic carbocycles. The van der Waals surface area contributed by atoms with E-state index in [0.717, 1.165) is 10.7 Å². The van der Waals surface area contributed by atoms with Crippen molar-refractivity contribution in [3.8, 4) is 10.6 Å². The van der Waals surface area contributed by atoms with Crippen LogP contribution < -0.4 is 4.90 Å². The molecule has 2 nitrogen and oxygen atoms in total. The molecule has 0 aliphatic carbocycles. The van der Waals surface area contributed by atoms with Gasteiger partial charge in [-0.15, -0.1) is 11.3 Å². The highest BCUT2D eigenvalue weighted by Crippen LogP contribution is 2.25. The minimum Gasteiger partial charge on any atom is -0.378 e. The molecule has 0 atom stereocenters. The SMILES string of the molecule is Cc1csc(-c2ccc(N(C)C)cc2)n1. The predicted octanol–water partition coefficient (Wildman–Crippen LogP) is 3.18. The number of anilines is 1. The molecule has 0 radical (unpaired) electrons. The zero-order valence-electron chi connectivity index (χ0n) is 9.19. The van der Waals surface area contributed by atoms with Crippen molar-refractivity contribution in [1.82, 2.24) is 4.98 Å². The van der Waals surface area contributed by atoms with Crippen LogP contribution in [0.1, 0.15) is 5.69 Å². The minimum atomic E-state index is 1.09. The van der Waals surface area contributed by atoms with Crippen LogP contribution >= 0.6 is 11.3 Å². The molecule has 0 spiro atoms. The Balaban J connectivity index is 2.31. The van der Waals surface area contributed by atoms with Crippen LogP contribution in [0, 0.1) is 6.92 Å². The normalized spacial score (nSPS) is 10.3.